The smallest absolute Gasteiger partial charge is 0.254 e. The lowest BCUT2D eigenvalue weighted by atomic mass is 10.1. The molecule has 0 aliphatic carbocycles. The van der Waals surface area contributed by atoms with Crippen LogP contribution < -0.4 is 0 Å². The number of carbonyl (C=O) groups is 1. The normalized spacial score (nSPS) is 18.3. The van der Waals surface area contributed by atoms with Gasteiger partial charge in [0.05, 0.1) is 25.0 Å². The molecular weight excluding hydrogens is 292 g/mol. The maximum absolute atomic E-state index is 13.2. The summed E-state index contributed by atoms with van der Waals surface area (Å²) in [7, 11) is 0. The van der Waals surface area contributed by atoms with Crippen molar-refractivity contribution in [3.05, 3.63) is 59.7 Å². The molecule has 114 valence electrons. The van der Waals surface area contributed by atoms with E-state index in [0.29, 0.717) is 18.8 Å². The van der Waals surface area contributed by atoms with Crippen LogP contribution >= 0.6 is 0 Å². The van der Waals surface area contributed by atoms with Crippen LogP contribution in [0.2, 0.25) is 0 Å². The summed E-state index contributed by atoms with van der Waals surface area (Å²) in [6.07, 6.45) is 4.26. The van der Waals surface area contributed by atoms with Crippen molar-refractivity contribution >= 4 is 5.91 Å². The molecule has 1 aliphatic rings. The molecule has 1 aliphatic heterocycles. The second-order valence-electron chi connectivity index (χ2n) is 4.90. The molecule has 0 spiro atoms. The average Bonchev–Trinajstić information content (AvgIpc) is 2.54. The summed E-state index contributed by atoms with van der Waals surface area (Å²) >= 11 is 0. The fourth-order valence-electron chi connectivity index (χ4n) is 2.35. The lowest BCUT2D eigenvalue weighted by Crippen LogP contribution is -2.42. The number of ether oxygens (including phenoxy) is 1. The summed E-state index contributed by atoms with van der Waals surface area (Å²) in [6, 6.07) is 2.79. The molecule has 1 atom stereocenters. The van der Waals surface area contributed by atoms with Crippen LogP contribution in [0.25, 0.3) is 0 Å². The van der Waals surface area contributed by atoms with Gasteiger partial charge < -0.3 is 9.64 Å². The summed E-state index contributed by atoms with van der Waals surface area (Å²) in [5.74, 6) is -1.99. The highest BCUT2D eigenvalue weighted by Crippen LogP contribution is 2.21. The number of hydrogen-bond acceptors (Lipinski definition) is 4. The van der Waals surface area contributed by atoms with Gasteiger partial charge >= 0.3 is 0 Å². The first-order valence-electron chi connectivity index (χ1n) is 6.76. The van der Waals surface area contributed by atoms with Gasteiger partial charge in [-0.2, -0.15) is 0 Å². The lowest BCUT2D eigenvalue weighted by molar-refractivity contribution is -0.0249. The molecular formula is C15H13F2N3O2. The lowest BCUT2D eigenvalue weighted by Gasteiger charge is -2.32. The molecule has 0 saturated carbocycles. The monoisotopic (exact) mass is 305 g/mol. The molecule has 1 aromatic carbocycles. The summed E-state index contributed by atoms with van der Waals surface area (Å²) in [4.78, 5) is 22.0. The van der Waals surface area contributed by atoms with Gasteiger partial charge in [0.25, 0.3) is 5.91 Å². The highest BCUT2D eigenvalue weighted by molar-refractivity contribution is 5.94. The maximum atomic E-state index is 13.2. The first-order chi connectivity index (χ1) is 10.6. The number of nitrogens with zero attached hydrogens (tertiary/aromatic N) is 3. The third-order valence-corrected chi connectivity index (χ3v) is 3.38. The predicted octanol–water partition coefficient (Wildman–Crippen LogP) is 1.97. The number of halogens is 2. The number of amides is 1. The number of carbonyl (C=O) groups excluding carboxylic acids is 1. The van der Waals surface area contributed by atoms with Gasteiger partial charge in [0.2, 0.25) is 0 Å². The zero-order valence-corrected chi connectivity index (χ0v) is 11.6. The molecule has 0 radical (unpaired) electrons. The fraction of sp³-hybridized carbons (Fsp3) is 0.267. The number of aromatic nitrogens is 2. The van der Waals surface area contributed by atoms with Crippen molar-refractivity contribution in [2.45, 2.75) is 6.10 Å². The summed E-state index contributed by atoms with van der Waals surface area (Å²) < 4.78 is 32.1. The Morgan fingerprint density at radius 3 is 2.68 bits per heavy atom. The quantitative estimate of drug-likeness (QED) is 0.851. The first-order valence-corrected chi connectivity index (χ1v) is 6.76. The minimum atomic E-state index is -0.776. The van der Waals surface area contributed by atoms with E-state index in [2.05, 4.69) is 9.97 Å². The Labute approximate surface area is 125 Å². The molecule has 1 amide bonds. The van der Waals surface area contributed by atoms with E-state index < -0.39 is 23.6 Å². The van der Waals surface area contributed by atoms with Crippen molar-refractivity contribution in [1.82, 2.24) is 14.9 Å². The largest absolute Gasteiger partial charge is 0.368 e. The van der Waals surface area contributed by atoms with Crippen molar-refractivity contribution in [2.24, 2.45) is 0 Å². The highest BCUT2D eigenvalue weighted by atomic mass is 19.1. The van der Waals surface area contributed by atoms with Crippen LogP contribution in [-0.2, 0) is 4.74 Å². The molecule has 22 heavy (non-hydrogen) atoms. The zero-order valence-electron chi connectivity index (χ0n) is 11.6. The Kier molecular flexibility index (Phi) is 4.06. The predicted molar refractivity (Wildman–Crippen MR) is 73.0 cm³/mol. The van der Waals surface area contributed by atoms with Crippen LogP contribution in [0, 0.1) is 11.6 Å². The van der Waals surface area contributed by atoms with E-state index >= 15 is 0 Å². The number of hydrogen-bond donors (Lipinski definition) is 0. The van der Waals surface area contributed by atoms with Crippen LogP contribution in [0.1, 0.15) is 22.2 Å². The molecule has 0 unspecified atom stereocenters. The molecule has 5 nitrogen and oxygen atoms in total. The Hall–Kier alpha value is -2.41. The van der Waals surface area contributed by atoms with E-state index in [1.54, 1.807) is 18.6 Å². The molecule has 0 N–H and O–H groups in total. The van der Waals surface area contributed by atoms with Crippen LogP contribution in [-0.4, -0.2) is 40.5 Å². The van der Waals surface area contributed by atoms with Gasteiger partial charge in [-0.25, -0.2) is 8.78 Å². The molecule has 1 saturated heterocycles. The van der Waals surface area contributed by atoms with Gasteiger partial charge in [-0.3, -0.25) is 14.8 Å². The van der Waals surface area contributed by atoms with Crippen molar-refractivity contribution in [3.8, 4) is 0 Å². The van der Waals surface area contributed by atoms with Crippen molar-refractivity contribution < 1.29 is 18.3 Å². The third kappa shape index (κ3) is 3.09. The Balaban J connectivity index is 1.78. The first kappa shape index (κ1) is 14.5. The Morgan fingerprint density at radius 1 is 1.23 bits per heavy atom. The number of rotatable bonds is 2. The van der Waals surface area contributed by atoms with E-state index in [9.17, 15) is 13.6 Å². The standard InChI is InChI=1S/C15H13F2N3O2/c16-11-5-10(6-12(17)7-11)15(21)20-3-4-22-14(9-20)13-8-18-1-2-19-13/h1-2,5-8,14H,3-4,9H2/t14-/m1/s1. The van der Waals surface area contributed by atoms with Crippen molar-refractivity contribution in [2.75, 3.05) is 19.7 Å². The summed E-state index contributed by atoms with van der Waals surface area (Å²) in [6.45, 7) is 0.939. The molecule has 0 bridgehead atoms. The maximum Gasteiger partial charge on any atom is 0.254 e. The Morgan fingerprint density at radius 2 is 2.00 bits per heavy atom. The molecule has 7 heteroatoms. The van der Waals surface area contributed by atoms with E-state index in [0.717, 1.165) is 18.2 Å². The van der Waals surface area contributed by atoms with Crippen LogP contribution in [0.15, 0.2) is 36.8 Å². The van der Waals surface area contributed by atoms with E-state index in [1.165, 1.54) is 4.90 Å². The summed E-state index contributed by atoms with van der Waals surface area (Å²) in [5.41, 5.74) is 0.600. The second kappa shape index (κ2) is 6.15. The molecule has 2 aromatic rings. The minimum Gasteiger partial charge on any atom is -0.368 e. The number of benzene rings is 1. The molecule has 2 heterocycles. The van der Waals surface area contributed by atoms with Gasteiger partial charge in [0.15, 0.2) is 0 Å². The summed E-state index contributed by atoms with van der Waals surface area (Å²) in [5, 5.41) is 0. The van der Waals surface area contributed by atoms with Gasteiger partial charge in [-0.05, 0) is 12.1 Å². The second-order valence-corrected chi connectivity index (χ2v) is 4.90. The average molecular weight is 305 g/mol. The van der Waals surface area contributed by atoms with Crippen LogP contribution in [0.3, 0.4) is 0 Å². The highest BCUT2D eigenvalue weighted by Gasteiger charge is 2.27. The van der Waals surface area contributed by atoms with Gasteiger partial charge in [0.1, 0.15) is 17.7 Å². The van der Waals surface area contributed by atoms with E-state index in [4.69, 9.17) is 4.74 Å². The minimum absolute atomic E-state index is 0.0164. The molecule has 1 fully saturated rings. The van der Waals surface area contributed by atoms with Crippen molar-refractivity contribution in [3.63, 3.8) is 0 Å². The van der Waals surface area contributed by atoms with Gasteiger partial charge in [-0.1, -0.05) is 0 Å². The van der Waals surface area contributed by atoms with Crippen molar-refractivity contribution in [1.29, 1.82) is 0 Å². The third-order valence-electron chi connectivity index (χ3n) is 3.38. The van der Waals surface area contributed by atoms with Crippen LogP contribution in [0.4, 0.5) is 8.78 Å². The topological polar surface area (TPSA) is 55.3 Å². The fourth-order valence-corrected chi connectivity index (χ4v) is 2.35. The SMILES string of the molecule is O=C(c1cc(F)cc(F)c1)N1CCO[C@@H](c2cnccn2)C1. The molecule has 1 aromatic heterocycles. The van der Waals surface area contributed by atoms with E-state index in [1.807, 2.05) is 0 Å². The Bertz CT molecular complexity index is 661. The number of morpholine rings is 1. The van der Waals surface area contributed by atoms with Crippen LogP contribution in [0.5, 0.6) is 0 Å². The zero-order chi connectivity index (χ0) is 15.5. The van der Waals surface area contributed by atoms with Gasteiger partial charge in [-0.15, -0.1) is 0 Å². The van der Waals surface area contributed by atoms with E-state index in [-0.39, 0.29) is 12.1 Å². The molecule has 3 rings (SSSR count). The van der Waals surface area contributed by atoms with Gasteiger partial charge in [0, 0.05) is 30.6 Å².